The van der Waals surface area contributed by atoms with Gasteiger partial charge in [0.2, 0.25) is 0 Å². The molecule has 5 heterocycles. The highest BCUT2D eigenvalue weighted by Gasteiger charge is 2.46. The molecule has 0 saturated carbocycles. The van der Waals surface area contributed by atoms with Crippen LogP contribution in [0.25, 0.3) is 16.6 Å². The topological polar surface area (TPSA) is 156 Å². The first-order chi connectivity index (χ1) is 18.3. The van der Waals surface area contributed by atoms with Crippen molar-refractivity contribution in [1.82, 2.24) is 29.5 Å². The van der Waals surface area contributed by atoms with E-state index in [1.54, 1.807) is 12.3 Å². The van der Waals surface area contributed by atoms with Crippen molar-refractivity contribution in [2.75, 3.05) is 18.4 Å². The smallest absolute Gasteiger partial charge is 0.321 e. The third-order valence-electron chi connectivity index (χ3n) is 6.90. The molecule has 11 nitrogen and oxygen atoms in total. The van der Waals surface area contributed by atoms with Gasteiger partial charge in [0, 0.05) is 61.0 Å². The van der Waals surface area contributed by atoms with Crippen LogP contribution >= 0.6 is 0 Å². The zero-order chi connectivity index (χ0) is 27.0. The Kier molecular flexibility index (Phi) is 6.33. The highest BCUT2D eigenvalue weighted by Crippen LogP contribution is 2.39. The highest BCUT2D eigenvalue weighted by atomic mass is 19.3. The van der Waals surface area contributed by atoms with Crippen molar-refractivity contribution < 1.29 is 13.6 Å². The maximum Gasteiger partial charge on any atom is 0.321 e. The van der Waals surface area contributed by atoms with Crippen LogP contribution in [0.3, 0.4) is 0 Å². The van der Waals surface area contributed by atoms with Crippen LogP contribution in [0.5, 0.6) is 0 Å². The second-order valence-electron chi connectivity index (χ2n) is 9.04. The van der Waals surface area contributed by atoms with Gasteiger partial charge in [0.1, 0.15) is 11.6 Å². The molecule has 4 aromatic heterocycles. The molecule has 0 aromatic carbocycles. The van der Waals surface area contributed by atoms with E-state index in [-0.39, 0.29) is 11.5 Å². The maximum absolute atomic E-state index is 13.3. The summed E-state index contributed by atoms with van der Waals surface area (Å²) in [5.41, 5.74) is 6.16. The zero-order valence-electron chi connectivity index (χ0n) is 20.2. The van der Waals surface area contributed by atoms with Gasteiger partial charge in [-0.2, -0.15) is 19.1 Å². The molecule has 1 amide bonds. The lowest BCUT2D eigenvalue weighted by Gasteiger charge is -2.35. The molecule has 0 unspecified atom stereocenters. The minimum atomic E-state index is -3.00. The van der Waals surface area contributed by atoms with E-state index in [1.165, 1.54) is 29.2 Å². The Labute approximate surface area is 214 Å². The lowest BCUT2D eigenvalue weighted by atomic mass is 9.83. The molecule has 0 bridgehead atoms. The van der Waals surface area contributed by atoms with Gasteiger partial charge in [-0.1, -0.05) is 6.92 Å². The Bertz CT molecular complexity index is 1620. The molecule has 0 spiro atoms. The predicted molar refractivity (Wildman–Crippen MR) is 133 cm³/mol. The molecule has 5 rings (SSSR count). The molecule has 38 heavy (non-hydrogen) atoms. The van der Waals surface area contributed by atoms with Gasteiger partial charge < -0.3 is 16.4 Å². The number of carbonyl (C=O) groups excluding carboxylic acids is 1. The van der Waals surface area contributed by atoms with E-state index in [2.05, 4.69) is 25.7 Å². The fourth-order valence-corrected chi connectivity index (χ4v) is 4.92. The first kappa shape index (κ1) is 25.0. The highest BCUT2D eigenvalue weighted by molar-refractivity contribution is 6.02. The monoisotopic (exact) mass is 519 g/mol. The number of carbonyl (C=O) groups is 1. The van der Waals surface area contributed by atoms with Gasteiger partial charge in [-0.3, -0.25) is 14.2 Å². The number of fused-ring (bicyclic) bond motifs is 1. The summed E-state index contributed by atoms with van der Waals surface area (Å²) in [7, 11) is 0. The third-order valence-corrected chi connectivity index (χ3v) is 6.90. The summed E-state index contributed by atoms with van der Waals surface area (Å²) < 4.78 is 28.5. The van der Waals surface area contributed by atoms with Gasteiger partial charge in [0.25, 0.3) is 11.5 Å². The number of anilines is 1. The van der Waals surface area contributed by atoms with E-state index in [0.29, 0.717) is 51.4 Å². The Morgan fingerprint density at radius 1 is 1.29 bits per heavy atom. The Morgan fingerprint density at radius 2 is 2.05 bits per heavy atom. The summed E-state index contributed by atoms with van der Waals surface area (Å²) in [4.78, 5) is 33.2. The minimum Gasteiger partial charge on any atom is -0.369 e. The van der Waals surface area contributed by atoms with E-state index in [1.807, 2.05) is 13.0 Å². The maximum atomic E-state index is 13.3. The zero-order valence-corrected chi connectivity index (χ0v) is 20.2. The first-order valence-corrected chi connectivity index (χ1v) is 11.8. The molecule has 0 radical (unpaired) electrons. The standard InChI is InChI=1S/C25H23F2N9O2/c1-2-17-9-30-13-25(17,23-31-7-14(6-28)8-32-23)34-21-18(22(29)38)10-33-36-12-16(5-19(21)36)15-3-4-20(37)35(11-15)24(26)27/h3-5,7-8,10-12,17,24,30,34H,2,9,13H2,1H3,(H2,29,38)/t17-,25+/m0/s1. The van der Waals surface area contributed by atoms with Crippen molar-refractivity contribution >= 4 is 17.1 Å². The van der Waals surface area contributed by atoms with Crippen molar-refractivity contribution in [2.45, 2.75) is 25.4 Å². The number of primary amides is 1. The first-order valence-electron chi connectivity index (χ1n) is 11.8. The number of alkyl halides is 2. The fourth-order valence-electron chi connectivity index (χ4n) is 4.92. The molecule has 1 aliphatic heterocycles. The molecule has 4 N–H and O–H groups in total. The molecule has 4 aromatic rings. The molecule has 0 aliphatic carbocycles. The number of pyridine rings is 1. The number of nitriles is 1. The third kappa shape index (κ3) is 4.14. The number of hydrogen-bond donors (Lipinski definition) is 3. The quantitative estimate of drug-likeness (QED) is 0.336. The van der Waals surface area contributed by atoms with Gasteiger partial charge in [0.05, 0.1) is 28.5 Å². The van der Waals surface area contributed by atoms with E-state index >= 15 is 0 Å². The number of halogens is 2. The fraction of sp³-hybridized carbons (Fsp3) is 0.280. The van der Waals surface area contributed by atoms with Crippen molar-refractivity contribution in [2.24, 2.45) is 11.7 Å². The summed E-state index contributed by atoms with van der Waals surface area (Å²) in [6, 6.07) is 6.20. The van der Waals surface area contributed by atoms with E-state index in [0.717, 1.165) is 18.7 Å². The average Bonchev–Trinajstić information content (AvgIpc) is 3.54. The van der Waals surface area contributed by atoms with Gasteiger partial charge >= 0.3 is 6.55 Å². The molecular weight excluding hydrogens is 496 g/mol. The van der Waals surface area contributed by atoms with E-state index < -0.39 is 23.6 Å². The summed E-state index contributed by atoms with van der Waals surface area (Å²) in [5.74, 6) is -0.269. The normalized spacial score (nSPS) is 19.1. The minimum absolute atomic E-state index is 0.00779. The number of aromatic nitrogens is 5. The van der Waals surface area contributed by atoms with Gasteiger partial charge in [-0.25, -0.2) is 14.5 Å². The molecule has 1 fully saturated rings. The summed E-state index contributed by atoms with van der Waals surface area (Å²) in [6.45, 7) is 0.116. The van der Waals surface area contributed by atoms with Crippen LogP contribution in [0.1, 0.15) is 41.6 Å². The summed E-state index contributed by atoms with van der Waals surface area (Å²) in [6.07, 6.45) is 7.65. The predicted octanol–water partition coefficient (Wildman–Crippen LogP) is 2.26. The average molecular weight is 520 g/mol. The van der Waals surface area contributed by atoms with Crippen LogP contribution in [-0.4, -0.2) is 43.1 Å². The van der Waals surface area contributed by atoms with Crippen LogP contribution in [0.4, 0.5) is 14.5 Å². The number of amides is 1. The van der Waals surface area contributed by atoms with E-state index in [9.17, 15) is 23.6 Å². The molecule has 13 heteroatoms. The largest absolute Gasteiger partial charge is 0.369 e. The lowest BCUT2D eigenvalue weighted by Crippen LogP contribution is -2.45. The number of nitrogens with one attached hydrogen (secondary N) is 2. The second-order valence-corrected chi connectivity index (χ2v) is 9.04. The number of rotatable bonds is 7. The number of nitrogens with zero attached hydrogens (tertiary/aromatic N) is 6. The van der Waals surface area contributed by atoms with Gasteiger partial charge in [0.15, 0.2) is 5.82 Å². The van der Waals surface area contributed by atoms with Gasteiger partial charge in [-0.05, 0) is 18.6 Å². The number of nitrogens with two attached hydrogens (primary N) is 1. The van der Waals surface area contributed by atoms with Crippen LogP contribution < -0.4 is 21.9 Å². The summed E-state index contributed by atoms with van der Waals surface area (Å²) >= 11 is 0. The SMILES string of the molecule is CC[C@H]1CNC[C@]1(Nc1c(C(N)=O)cnn2cc(-c3ccc(=O)n(C(F)F)c3)cc12)c1ncc(C#N)cn1. The Hall–Kier alpha value is -4.70. The van der Waals surface area contributed by atoms with Crippen LogP contribution in [0.15, 0.2) is 54.0 Å². The van der Waals surface area contributed by atoms with Crippen molar-refractivity contribution in [3.05, 3.63) is 76.5 Å². The molecule has 1 aliphatic rings. The Balaban J connectivity index is 1.68. The second kappa shape index (κ2) is 9.64. The van der Waals surface area contributed by atoms with Gasteiger partial charge in [-0.15, -0.1) is 0 Å². The van der Waals surface area contributed by atoms with Crippen molar-refractivity contribution in [3.63, 3.8) is 0 Å². The molecular formula is C25H23F2N9O2. The van der Waals surface area contributed by atoms with Crippen LogP contribution in [0.2, 0.25) is 0 Å². The molecule has 194 valence electrons. The van der Waals surface area contributed by atoms with Crippen molar-refractivity contribution in [3.8, 4) is 17.2 Å². The number of hydrogen-bond acceptors (Lipinski definition) is 8. The molecule has 1 saturated heterocycles. The van der Waals surface area contributed by atoms with Crippen molar-refractivity contribution in [1.29, 1.82) is 5.26 Å². The lowest BCUT2D eigenvalue weighted by molar-refractivity contribution is 0.0665. The van der Waals surface area contributed by atoms with Crippen LogP contribution in [-0.2, 0) is 5.54 Å². The van der Waals surface area contributed by atoms with E-state index in [4.69, 9.17) is 5.73 Å². The molecule has 2 atom stereocenters. The van der Waals surface area contributed by atoms with Crippen LogP contribution in [0, 0.1) is 17.2 Å². The summed E-state index contributed by atoms with van der Waals surface area (Å²) in [5, 5.41) is 20.3. The Morgan fingerprint density at radius 3 is 2.71 bits per heavy atom.